The summed E-state index contributed by atoms with van der Waals surface area (Å²) in [5, 5.41) is 13.6. The molecular formula is C15H19BrNO2. The SMILES string of the molecule is CC1(C)CCC(C)(C(Br)C(=O)c2ccccc2)N1[O]. The summed E-state index contributed by atoms with van der Waals surface area (Å²) in [4.78, 5) is 12.0. The predicted octanol–water partition coefficient (Wildman–Crippen LogP) is 3.61. The van der Waals surface area contributed by atoms with Gasteiger partial charge in [-0.05, 0) is 33.6 Å². The van der Waals surface area contributed by atoms with E-state index in [1.165, 1.54) is 0 Å². The minimum atomic E-state index is -0.684. The van der Waals surface area contributed by atoms with Crippen molar-refractivity contribution in [2.45, 2.75) is 49.5 Å². The zero-order valence-corrected chi connectivity index (χ0v) is 13.1. The van der Waals surface area contributed by atoms with Gasteiger partial charge in [0, 0.05) is 11.1 Å². The molecule has 4 heteroatoms. The molecule has 2 rings (SSSR count). The number of ketones is 1. The van der Waals surface area contributed by atoms with E-state index in [2.05, 4.69) is 15.9 Å². The van der Waals surface area contributed by atoms with Gasteiger partial charge in [0.05, 0.1) is 10.4 Å². The van der Waals surface area contributed by atoms with Crippen molar-refractivity contribution in [3.8, 4) is 0 Å². The standard InChI is InChI=1S/C15H19BrNO2/c1-14(2)9-10-15(3,17(14)19)13(16)12(18)11-7-5-4-6-8-11/h4-8,13H,9-10H2,1-3H3. The molecule has 1 heterocycles. The second-order valence-corrected chi connectivity index (χ2v) is 6.97. The molecular weight excluding hydrogens is 306 g/mol. The second-order valence-electron chi connectivity index (χ2n) is 6.06. The molecule has 2 atom stereocenters. The number of hydrogen-bond acceptors (Lipinski definition) is 2. The third-order valence-corrected chi connectivity index (χ3v) is 5.49. The fourth-order valence-corrected chi connectivity index (χ4v) is 3.39. The molecule has 1 fully saturated rings. The molecule has 1 aromatic rings. The predicted molar refractivity (Wildman–Crippen MR) is 77.7 cm³/mol. The molecule has 1 aliphatic rings. The Hall–Kier alpha value is -0.710. The first-order chi connectivity index (χ1) is 8.79. The van der Waals surface area contributed by atoms with Crippen molar-refractivity contribution in [2.75, 3.05) is 0 Å². The summed E-state index contributed by atoms with van der Waals surface area (Å²) >= 11 is 3.46. The smallest absolute Gasteiger partial charge is 0.178 e. The molecule has 1 radical (unpaired) electrons. The average molecular weight is 325 g/mol. The van der Waals surface area contributed by atoms with Gasteiger partial charge in [-0.3, -0.25) is 4.79 Å². The first-order valence-corrected chi connectivity index (χ1v) is 7.41. The maximum atomic E-state index is 12.5. The third kappa shape index (κ3) is 2.49. The Morgan fingerprint density at radius 2 is 1.79 bits per heavy atom. The molecule has 0 aliphatic carbocycles. The molecule has 3 nitrogen and oxygen atoms in total. The van der Waals surface area contributed by atoms with Gasteiger partial charge in [-0.2, -0.15) is 0 Å². The number of hydroxylamine groups is 2. The summed E-state index contributed by atoms with van der Waals surface area (Å²) in [6.45, 7) is 5.73. The molecule has 1 aromatic carbocycles. The molecule has 1 saturated heterocycles. The van der Waals surface area contributed by atoms with Gasteiger partial charge < -0.3 is 0 Å². The lowest BCUT2D eigenvalue weighted by molar-refractivity contribution is -0.246. The summed E-state index contributed by atoms with van der Waals surface area (Å²) in [6.07, 6.45) is 1.52. The van der Waals surface area contributed by atoms with Crippen LogP contribution in [0.5, 0.6) is 0 Å². The van der Waals surface area contributed by atoms with Gasteiger partial charge in [-0.25, -0.2) is 0 Å². The van der Waals surface area contributed by atoms with Crippen LogP contribution >= 0.6 is 15.9 Å². The maximum absolute atomic E-state index is 12.5. The van der Waals surface area contributed by atoms with Crippen molar-refractivity contribution in [1.29, 1.82) is 0 Å². The van der Waals surface area contributed by atoms with Crippen LogP contribution in [0.2, 0.25) is 0 Å². The monoisotopic (exact) mass is 324 g/mol. The van der Waals surface area contributed by atoms with Gasteiger partial charge >= 0.3 is 0 Å². The van der Waals surface area contributed by atoms with Crippen LogP contribution in [-0.2, 0) is 5.21 Å². The highest BCUT2D eigenvalue weighted by Crippen LogP contribution is 2.44. The fraction of sp³-hybridized carbons (Fsp3) is 0.533. The number of carbonyl (C=O) groups is 1. The average Bonchev–Trinajstić information content (AvgIpc) is 2.63. The topological polar surface area (TPSA) is 40.2 Å². The molecule has 0 N–H and O–H groups in total. The number of nitrogens with zero attached hydrogens (tertiary/aromatic N) is 1. The van der Waals surface area contributed by atoms with E-state index in [4.69, 9.17) is 0 Å². The Kier molecular flexibility index (Phi) is 3.87. The van der Waals surface area contributed by atoms with Gasteiger partial charge in [-0.15, -0.1) is 10.3 Å². The largest absolute Gasteiger partial charge is 0.293 e. The van der Waals surface area contributed by atoms with Crippen molar-refractivity contribution in [1.82, 2.24) is 5.06 Å². The summed E-state index contributed by atoms with van der Waals surface area (Å²) in [6, 6.07) is 9.12. The Morgan fingerprint density at radius 3 is 2.26 bits per heavy atom. The number of carbonyl (C=O) groups excluding carboxylic acids is 1. The minimum Gasteiger partial charge on any atom is -0.293 e. The Morgan fingerprint density at radius 1 is 1.21 bits per heavy atom. The van der Waals surface area contributed by atoms with E-state index in [1.54, 1.807) is 12.1 Å². The fourth-order valence-electron chi connectivity index (χ4n) is 2.71. The number of Topliss-reactive ketones (excluding diaryl/α,β-unsaturated/α-hetero) is 1. The lowest BCUT2D eigenvalue weighted by atomic mass is 9.90. The Labute approximate surface area is 122 Å². The maximum Gasteiger partial charge on any atom is 0.178 e. The highest BCUT2D eigenvalue weighted by molar-refractivity contribution is 9.10. The second kappa shape index (κ2) is 5.00. The number of rotatable bonds is 3. The molecule has 103 valence electrons. The highest BCUT2D eigenvalue weighted by Gasteiger charge is 2.53. The molecule has 0 aromatic heterocycles. The number of hydrogen-bond donors (Lipinski definition) is 0. The van der Waals surface area contributed by atoms with E-state index < -0.39 is 15.9 Å². The van der Waals surface area contributed by atoms with E-state index in [-0.39, 0.29) is 5.78 Å². The van der Waals surface area contributed by atoms with Crippen LogP contribution in [0.15, 0.2) is 30.3 Å². The summed E-state index contributed by atoms with van der Waals surface area (Å²) in [5.41, 5.74) is -0.447. The van der Waals surface area contributed by atoms with Gasteiger partial charge in [-0.1, -0.05) is 46.3 Å². The van der Waals surface area contributed by atoms with Crippen LogP contribution in [0.4, 0.5) is 0 Å². The normalized spacial score (nSPS) is 28.3. The minimum absolute atomic E-state index is 0.0262. The lowest BCUT2D eigenvalue weighted by Gasteiger charge is -2.37. The summed E-state index contributed by atoms with van der Waals surface area (Å²) in [5.74, 6) is -0.0262. The van der Waals surface area contributed by atoms with Crippen LogP contribution in [-0.4, -0.2) is 26.8 Å². The van der Waals surface area contributed by atoms with E-state index in [1.807, 2.05) is 39.0 Å². The molecule has 0 bridgehead atoms. The molecule has 19 heavy (non-hydrogen) atoms. The van der Waals surface area contributed by atoms with Crippen molar-refractivity contribution in [2.24, 2.45) is 0 Å². The number of alkyl halides is 1. The van der Waals surface area contributed by atoms with E-state index in [0.717, 1.165) is 17.9 Å². The van der Waals surface area contributed by atoms with E-state index >= 15 is 0 Å². The lowest BCUT2D eigenvalue weighted by Crippen LogP contribution is -2.53. The van der Waals surface area contributed by atoms with E-state index in [0.29, 0.717) is 5.56 Å². The summed E-state index contributed by atoms with van der Waals surface area (Å²) in [7, 11) is 0. The Bertz CT molecular complexity index is 474. The quantitative estimate of drug-likeness (QED) is 0.629. The van der Waals surface area contributed by atoms with Crippen molar-refractivity contribution in [3.05, 3.63) is 35.9 Å². The number of halogens is 1. The molecule has 0 saturated carbocycles. The molecule has 0 amide bonds. The highest BCUT2D eigenvalue weighted by atomic mass is 79.9. The first-order valence-electron chi connectivity index (χ1n) is 6.50. The summed E-state index contributed by atoms with van der Waals surface area (Å²) < 4.78 is 0. The molecule has 1 aliphatic heterocycles. The van der Waals surface area contributed by atoms with Crippen LogP contribution in [0.3, 0.4) is 0 Å². The van der Waals surface area contributed by atoms with Crippen molar-refractivity contribution < 1.29 is 10.0 Å². The number of benzene rings is 1. The van der Waals surface area contributed by atoms with Crippen LogP contribution in [0.1, 0.15) is 44.0 Å². The van der Waals surface area contributed by atoms with Gasteiger partial charge in [0.2, 0.25) is 0 Å². The zero-order valence-electron chi connectivity index (χ0n) is 11.5. The Balaban J connectivity index is 2.25. The zero-order chi connectivity index (χ0) is 14.3. The van der Waals surface area contributed by atoms with Crippen molar-refractivity contribution >= 4 is 21.7 Å². The van der Waals surface area contributed by atoms with E-state index in [9.17, 15) is 10.0 Å². The first kappa shape index (κ1) is 14.7. The van der Waals surface area contributed by atoms with Gasteiger partial charge in [0.25, 0.3) is 0 Å². The van der Waals surface area contributed by atoms with Crippen LogP contribution in [0, 0.1) is 0 Å². The van der Waals surface area contributed by atoms with Gasteiger partial charge in [0.1, 0.15) is 0 Å². The van der Waals surface area contributed by atoms with Crippen molar-refractivity contribution in [3.63, 3.8) is 0 Å². The van der Waals surface area contributed by atoms with Crippen LogP contribution < -0.4 is 0 Å². The molecule has 0 spiro atoms. The van der Waals surface area contributed by atoms with Gasteiger partial charge in [0.15, 0.2) is 5.78 Å². The van der Waals surface area contributed by atoms with Crippen LogP contribution in [0.25, 0.3) is 0 Å². The third-order valence-electron chi connectivity index (χ3n) is 4.09. The molecule has 2 unspecified atom stereocenters.